The Labute approximate surface area is 79.3 Å². The number of carbonyl (C=O) groups excluding carboxylic acids is 1. The van der Waals surface area contributed by atoms with Crippen molar-refractivity contribution in [2.24, 2.45) is 11.7 Å². The Morgan fingerprint density at radius 2 is 2.08 bits per heavy atom. The van der Waals surface area contributed by atoms with Crippen molar-refractivity contribution in [3.63, 3.8) is 0 Å². The highest BCUT2D eigenvalue weighted by atomic mass is 16.2. The molecule has 3 unspecified atom stereocenters. The van der Waals surface area contributed by atoms with Crippen molar-refractivity contribution < 1.29 is 4.79 Å². The number of nitrogens with two attached hydrogens (primary N) is 1. The van der Waals surface area contributed by atoms with Gasteiger partial charge in [0.1, 0.15) is 6.04 Å². The smallest absolute Gasteiger partial charge is 0.241 e. The molecule has 1 saturated heterocycles. The van der Waals surface area contributed by atoms with E-state index in [4.69, 9.17) is 5.73 Å². The van der Waals surface area contributed by atoms with Crippen molar-refractivity contribution in [1.29, 1.82) is 0 Å². The van der Waals surface area contributed by atoms with Gasteiger partial charge >= 0.3 is 0 Å². The quantitative estimate of drug-likeness (QED) is 0.608. The molecule has 0 aromatic heterocycles. The molecule has 1 saturated carbocycles. The summed E-state index contributed by atoms with van der Waals surface area (Å²) in [5, 5.41) is 0. The number of hydrogen-bond acceptors (Lipinski definition) is 2. The second-order valence-electron chi connectivity index (χ2n) is 4.43. The van der Waals surface area contributed by atoms with Crippen molar-refractivity contribution in [2.45, 2.75) is 44.7 Å². The molecule has 0 radical (unpaired) electrons. The van der Waals surface area contributed by atoms with Crippen LogP contribution in [0.5, 0.6) is 0 Å². The monoisotopic (exact) mass is 182 g/mol. The summed E-state index contributed by atoms with van der Waals surface area (Å²) in [4.78, 5) is 13.4. The zero-order valence-corrected chi connectivity index (χ0v) is 8.20. The zero-order chi connectivity index (χ0) is 9.42. The third kappa shape index (κ3) is 1.46. The fraction of sp³-hybridized carbons (Fsp3) is 0.900. The summed E-state index contributed by atoms with van der Waals surface area (Å²) in [6.45, 7) is 3.04. The van der Waals surface area contributed by atoms with Crippen molar-refractivity contribution in [3.8, 4) is 0 Å². The Balaban J connectivity index is 1.96. The summed E-state index contributed by atoms with van der Waals surface area (Å²) < 4.78 is 0. The lowest BCUT2D eigenvalue weighted by Crippen LogP contribution is -2.65. The van der Waals surface area contributed by atoms with Crippen LogP contribution in [-0.4, -0.2) is 29.4 Å². The van der Waals surface area contributed by atoms with Crippen LogP contribution in [0.3, 0.4) is 0 Å². The van der Waals surface area contributed by atoms with E-state index in [1.807, 2.05) is 4.90 Å². The molecule has 2 rings (SSSR count). The average molecular weight is 182 g/mol. The predicted molar refractivity (Wildman–Crippen MR) is 51.1 cm³/mol. The van der Waals surface area contributed by atoms with Crippen LogP contribution in [0.2, 0.25) is 0 Å². The molecule has 2 fully saturated rings. The molecule has 3 nitrogen and oxygen atoms in total. The van der Waals surface area contributed by atoms with Gasteiger partial charge < -0.3 is 10.6 Å². The van der Waals surface area contributed by atoms with Gasteiger partial charge in [-0.05, 0) is 18.8 Å². The maximum absolute atomic E-state index is 11.4. The van der Waals surface area contributed by atoms with Crippen LogP contribution in [0.1, 0.15) is 32.6 Å². The zero-order valence-electron chi connectivity index (χ0n) is 8.20. The number of nitrogens with zero attached hydrogens (tertiary/aromatic N) is 1. The Bertz CT molecular complexity index is 217. The van der Waals surface area contributed by atoms with Crippen LogP contribution < -0.4 is 5.73 Å². The van der Waals surface area contributed by atoms with Gasteiger partial charge in [0.15, 0.2) is 0 Å². The first kappa shape index (κ1) is 9.00. The van der Waals surface area contributed by atoms with Gasteiger partial charge in [0.05, 0.1) is 0 Å². The molecule has 3 atom stereocenters. The number of carbonyl (C=O) groups is 1. The average Bonchev–Trinajstić information content (AvgIpc) is 2.15. The summed E-state index contributed by atoms with van der Waals surface area (Å²) in [6.07, 6.45) is 5.04. The van der Waals surface area contributed by atoms with Gasteiger partial charge in [-0.15, -0.1) is 0 Å². The minimum absolute atomic E-state index is 0.166. The van der Waals surface area contributed by atoms with Gasteiger partial charge in [-0.1, -0.05) is 19.8 Å². The second kappa shape index (κ2) is 3.29. The van der Waals surface area contributed by atoms with Gasteiger partial charge in [-0.2, -0.15) is 0 Å². The normalized spacial score (nSPS) is 40.3. The SMILES string of the molecule is CC1CCCCC1N1CC(N)C1=O. The molecule has 1 aliphatic carbocycles. The number of β-lactam (4-membered cyclic amide) rings is 1. The van der Waals surface area contributed by atoms with Crippen molar-refractivity contribution >= 4 is 5.91 Å². The lowest BCUT2D eigenvalue weighted by atomic mass is 9.83. The van der Waals surface area contributed by atoms with Gasteiger partial charge in [0, 0.05) is 12.6 Å². The third-order valence-electron chi connectivity index (χ3n) is 3.46. The second-order valence-corrected chi connectivity index (χ2v) is 4.43. The van der Waals surface area contributed by atoms with Crippen LogP contribution in [0, 0.1) is 5.92 Å². The Kier molecular flexibility index (Phi) is 2.28. The Morgan fingerprint density at radius 3 is 2.62 bits per heavy atom. The van der Waals surface area contributed by atoms with E-state index in [2.05, 4.69) is 6.92 Å². The van der Waals surface area contributed by atoms with E-state index in [0.29, 0.717) is 12.0 Å². The summed E-state index contributed by atoms with van der Waals surface area (Å²) in [5.41, 5.74) is 5.57. The molecule has 1 heterocycles. The first-order valence-corrected chi connectivity index (χ1v) is 5.26. The largest absolute Gasteiger partial charge is 0.336 e. The van der Waals surface area contributed by atoms with Crippen molar-refractivity contribution in [1.82, 2.24) is 4.90 Å². The molecular weight excluding hydrogens is 164 g/mol. The molecule has 1 aliphatic heterocycles. The number of likely N-dealkylation sites (tertiary alicyclic amines) is 1. The lowest BCUT2D eigenvalue weighted by Gasteiger charge is -2.46. The molecule has 1 amide bonds. The van der Waals surface area contributed by atoms with Crippen LogP contribution in [0.25, 0.3) is 0 Å². The topological polar surface area (TPSA) is 46.3 Å². The van der Waals surface area contributed by atoms with Crippen molar-refractivity contribution in [2.75, 3.05) is 6.54 Å². The summed E-state index contributed by atoms with van der Waals surface area (Å²) in [7, 11) is 0. The van der Waals surface area contributed by atoms with E-state index < -0.39 is 0 Å². The molecule has 0 aromatic rings. The number of amides is 1. The highest BCUT2D eigenvalue weighted by Gasteiger charge is 2.40. The predicted octanol–water partition coefficient (Wildman–Crippen LogP) is 0.735. The van der Waals surface area contributed by atoms with Gasteiger partial charge in [-0.25, -0.2) is 0 Å². The lowest BCUT2D eigenvalue weighted by molar-refractivity contribution is -0.148. The highest BCUT2D eigenvalue weighted by Crippen LogP contribution is 2.30. The van der Waals surface area contributed by atoms with E-state index in [-0.39, 0.29) is 11.9 Å². The van der Waals surface area contributed by atoms with Crippen LogP contribution in [0.15, 0.2) is 0 Å². The molecule has 3 heteroatoms. The first-order chi connectivity index (χ1) is 6.20. The fourth-order valence-corrected chi connectivity index (χ4v) is 2.54. The first-order valence-electron chi connectivity index (χ1n) is 5.26. The van der Waals surface area contributed by atoms with Crippen LogP contribution in [0.4, 0.5) is 0 Å². The Morgan fingerprint density at radius 1 is 1.38 bits per heavy atom. The Hall–Kier alpha value is -0.570. The third-order valence-corrected chi connectivity index (χ3v) is 3.46. The fourth-order valence-electron chi connectivity index (χ4n) is 2.54. The molecule has 2 aliphatic rings. The minimum Gasteiger partial charge on any atom is -0.336 e. The molecule has 13 heavy (non-hydrogen) atoms. The number of hydrogen-bond donors (Lipinski definition) is 1. The van der Waals surface area contributed by atoms with Gasteiger partial charge in [0.2, 0.25) is 5.91 Å². The maximum Gasteiger partial charge on any atom is 0.241 e. The summed E-state index contributed by atoms with van der Waals surface area (Å²) in [5.74, 6) is 0.837. The van der Waals surface area contributed by atoms with Gasteiger partial charge in [0.25, 0.3) is 0 Å². The van der Waals surface area contributed by atoms with Crippen LogP contribution >= 0.6 is 0 Å². The highest BCUT2D eigenvalue weighted by molar-refractivity contribution is 5.88. The number of rotatable bonds is 1. The summed E-state index contributed by atoms with van der Waals surface area (Å²) in [6, 6.07) is 0.287. The molecule has 0 bridgehead atoms. The van der Waals surface area contributed by atoms with E-state index in [1.165, 1.54) is 25.7 Å². The van der Waals surface area contributed by atoms with E-state index >= 15 is 0 Å². The molecule has 2 N–H and O–H groups in total. The van der Waals surface area contributed by atoms with Gasteiger partial charge in [-0.3, -0.25) is 4.79 Å². The standard InChI is InChI=1S/C10H18N2O/c1-7-4-2-3-5-9(7)12-6-8(11)10(12)13/h7-9H,2-6,11H2,1H3. The van der Waals surface area contributed by atoms with E-state index in [9.17, 15) is 4.79 Å². The van der Waals surface area contributed by atoms with Crippen molar-refractivity contribution in [3.05, 3.63) is 0 Å². The van der Waals surface area contributed by atoms with Crippen LogP contribution in [-0.2, 0) is 4.79 Å². The molecule has 0 aromatic carbocycles. The minimum atomic E-state index is -0.200. The van der Waals surface area contributed by atoms with E-state index in [1.54, 1.807) is 0 Å². The van der Waals surface area contributed by atoms with E-state index in [0.717, 1.165) is 6.54 Å². The molecule has 74 valence electrons. The summed E-state index contributed by atoms with van der Waals surface area (Å²) >= 11 is 0. The molecule has 0 spiro atoms. The molecular formula is C10H18N2O. The maximum atomic E-state index is 11.4.